The molecule has 1 aromatic carbocycles. The summed E-state index contributed by atoms with van der Waals surface area (Å²) < 4.78 is 11.8. The summed E-state index contributed by atoms with van der Waals surface area (Å²) in [6, 6.07) is 8.65. The molecule has 4 atom stereocenters. The van der Waals surface area contributed by atoms with E-state index in [9.17, 15) is 4.79 Å². The summed E-state index contributed by atoms with van der Waals surface area (Å²) in [5.41, 5.74) is 2.79. The Kier molecular flexibility index (Phi) is 7.86. The number of nitrogens with one attached hydrogen (secondary N) is 1. The lowest BCUT2D eigenvalue weighted by atomic mass is 9.73. The van der Waals surface area contributed by atoms with Crippen LogP contribution in [0, 0.1) is 18.8 Å². The van der Waals surface area contributed by atoms with E-state index in [1.54, 1.807) is 0 Å². The van der Waals surface area contributed by atoms with Crippen LogP contribution in [0.15, 0.2) is 24.3 Å². The molecule has 3 heterocycles. The summed E-state index contributed by atoms with van der Waals surface area (Å²) in [6.45, 7) is 8.88. The van der Waals surface area contributed by atoms with Gasteiger partial charge in [-0.05, 0) is 37.8 Å². The highest BCUT2D eigenvalue weighted by molar-refractivity contribution is 5.75. The molecule has 0 saturated carbocycles. The van der Waals surface area contributed by atoms with Gasteiger partial charge >= 0.3 is 0 Å². The number of hydrogen-bond donors (Lipinski definition) is 2. The lowest BCUT2D eigenvalue weighted by Gasteiger charge is -2.29. The van der Waals surface area contributed by atoms with Gasteiger partial charge in [0.2, 0.25) is 5.91 Å². The van der Waals surface area contributed by atoms with Gasteiger partial charge in [-0.25, -0.2) is 0 Å². The van der Waals surface area contributed by atoms with Crippen LogP contribution in [0.2, 0.25) is 0 Å². The van der Waals surface area contributed by atoms with E-state index < -0.39 is 0 Å². The summed E-state index contributed by atoms with van der Waals surface area (Å²) in [4.78, 5) is 23.0. The van der Waals surface area contributed by atoms with Crippen molar-refractivity contribution >= 4 is 12.4 Å². The smallest absolute Gasteiger partial charge is 0.290 e. The highest BCUT2D eigenvalue weighted by Crippen LogP contribution is 2.54. The Morgan fingerprint density at radius 1 is 1.43 bits per heavy atom. The normalized spacial score (nSPS) is 29.2. The predicted octanol–water partition coefficient (Wildman–Crippen LogP) is 2.22. The first-order chi connectivity index (χ1) is 14.5. The van der Waals surface area contributed by atoms with Crippen LogP contribution in [-0.2, 0) is 25.6 Å². The number of nitrogens with zero attached hydrogens (tertiary/aromatic N) is 1. The van der Waals surface area contributed by atoms with Gasteiger partial charge in [0.1, 0.15) is 0 Å². The van der Waals surface area contributed by atoms with Crippen LogP contribution in [0.3, 0.4) is 0 Å². The van der Waals surface area contributed by atoms with Crippen LogP contribution >= 0.6 is 0 Å². The first-order valence-electron chi connectivity index (χ1n) is 10.9. The molecular weight excluding hydrogens is 384 g/mol. The molecule has 30 heavy (non-hydrogen) atoms. The number of likely N-dealkylation sites (tertiary alicyclic amines) is 1. The third-order valence-corrected chi connectivity index (χ3v) is 6.72. The Bertz CT molecular complexity index is 727. The van der Waals surface area contributed by atoms with Crippen molar-refractivity contribution in [3.8, 4) is 0 Å². The van der Waals surface area contributed by atoms with Crippen LogP contribution < -0.4 is 5.32 Å². The second kappa shape index (κ2) is 10.4. The minimum atomic E-state index is -0.250. The zero-order valence-corrected chi connectivity index (χ0v) is 18.0. The fourth-order valence-corrected chi connectivity index (χ4v) is 5.34. The monoisotopic (exact) mass is 418 g/mol. The third-order valence-electron chi connectivity index (χ3n) is 6.72. The van der Waals surface area contributed by atoms with Crippen LogP contribution in [0.4, 0.5) is 0 Å². The lowest BCUT2D eigenvalue weighted by molar-refractivity contribution is -0.123. The second-order valence-electron chi connectivity index (χ2n) is 8.48. The Hall–Kier alpha value is -1.96. The van der Waals surface area contributed by atoms with Gasteiger partial charge in [0.15, 0.2) is 0 Å². The maximum absolute atomic E-state index is 12.1. The minimum Gasteiger partial charge on any atom is -0.483 e. The molecule has 166 valence electrons. The van der Waals surface area contributed by atoms with Crippen LogP contribution in [0.5, 0.6) is 0 Å². The van der Waals surface area contributed by atoms with Crippen molar-refractivity contribution in [3.05, 3.63) is 35.4 Å². The molecule has 3 fully saturated rings. The van der Waals surface area contributed by atoms with Crippen molar-refractivity contribution in [1.82, 2.24) is 10.2 Å². The van der Waals surface area contributed by atoms with Gasteiger partial charge in [0.25, 0.3) is 6.47 Å². The van der Waals surface area contributed by atoms with Crippen molar-refractivity contribution < 1.29 is 24.2 Å². The molecular formula is C23H34N2O5. The zero-order chi connectivity index (χ0) is 21.6. The second-order valence-corrected chi connectivity index (χ2v) is 8.48. The molecule has 3 aliphatic heterocycles. The maximum Gasteiger partial charge on any atom is 0.290 e. The number of rotatable bonds is 8. The summed E-state index contributed by atoms with van der Waals surface area (Å²) >= 11 is 0. The Balaban J connectivity index is 0.000000806. The fraction of sp³-hybridized carbons (Fsp3) is 0.652. The molecule has 1 spiro atoms. The standard InChI is InChI=1S/C22H32N2O3.CH2O2/c1-3-26-11-9-21(25)23-12-18-19-14-24(13-17-7-5-4-6-16(17)2)15-22(19)10-8-20(18)27-22;2-1-3/h4-7,18-20H,3,8-15H2,1-2H3,(H,23,25);1H,(H,2,3)/t18-,19+,20+,22+;/m0./s1. The van der Waals surface area contributed by atoms with E-state index in [4.69, 9.17) is 19.4 Å². The Labute approximate surface area is 178 Å². The first kappa shape index (κ1) is 22.7. The molecule has 0 aliphatic carbocycles. The average Bonchev–Trinajstić information content (AvgIpc) is 3.37. The molecule has 0 radical (unpaired) electrons. The molecule has 7 nitrogen and oxygen atoms in total. The van der Waals surface area contributed by atoms with Crippen LogP contribution in [-0.4, -0.2) is 66.9 Å². The Morgan fingerprint density at radius 3 is 2.93 bits per heavy atom. The average molecular weight is 419 g/mol. The van der Waals surface area contributed by atoms with Gasteiger partial charge in [-0.15, -0.1) is 0 Å². The number of amides is 1. The molecule has 3 saturated heterocycles. The lowest BCUT2D eigenvalue weighted by Crippen LogP contribution is -2.42. The summed E-state index contributed by atoms with van der Waals surface area (Å²) in [5.74, 6) is 1.07. The van der Waals surface area contributed by atoms with E-state index in [0.717, 1.165) is 32.6 Å². The van der Waals surface area contributed by atoms with Gasteiger partial charge in [-0.1, -0.05) is 24.3 Å². The third kappa shape index (κ3) is 5.02. The van der Waals surface area contributed by atoms with Crippen LogP contribution in [0.25, 0.3) is 0 Å². The van der Waals surface area contributed by atoms with E-state index in [1.165, 1.54) is 17.5 Å². The number of fused-ring (bicyclic) bond motifs is 1. The van der Waals surface area contributed by atoms with Crippen molar-refractivity contribution in [2.75, 3.05) is 32.8 Å². The summed E-state index contributed by atoms with van der Waals surface area (Å²) in [6.07, 6.45) is 3.07. The van der Waals surface area contributed by atoms with Crippen molar-refractivity contribution in [2.24, 2.45) is 11.8 Å². The summed E-state index contributed by atoms with van der Waals surface area (Å²) in [5, 5.41) is 10.0. The topological polar surface area (TPSA) is 88.1 Å². The molecule has 0 unspecified atom stereocenters. The maximum atomic E-state index is 12.1. The highest BCUT2D eigenvalue weighted by atomic mass is 16.5. The van der Waals surface area contributed by atoms with Crippen molar-refractivity contribution in [3.63, 3.8) is 0 Å². The Morgan fingerprint density at radius 2 is 2.20 bits per heavy atom. The SMILES string of the molecule is CCOCCC(=O)NC[C@H]1[C@H]2CN(Cc3ccccc3C)C[C@]23CC[C@H]1O3.O=CO. The van der Waals surface area contributed by atoms with Gasteiger partial charge in [-0.3, -0.25) is 14.5 Å². The van der Waals surface area contributed by atoms with E-state index in [0.29, 0.717) is 37.6 Å². The van der Waals surface area contributed by atoms with Crippen molar-refractivity contribution in [1.29, 1.82) is 0 Å². The minimum absolute atomic E-state index is 0.0219. The molecule has 7 heteroatoms. The zero-order valence-electron chi connectivity index (χ0n) is 18.0. The number of carboxylic acid groups (broad SMARTS) is 1. The van der Waals surface area contributed by atoms with Gasteiger partial charge in [0.05, 0.1) is 18.3 Å². The van der Waals surface area contributed by atoms with E-state index >= 15 is 0 Å². The number of carbonyl (C=O) groups is 2. The number of aryl methyl sites for hydroxylation is 1. The molecule has 1 amide bonds. The number of ether oxygens (including phenoxy) is 2. The van der Waals surface area contributed by atoms with Gasteiger partial charge in [0, 0.05) is 51.0 Å². The first-order valence-corrected chi connectivity index (χ1v) is 10.9. The molecule has 2 bridgehead atoms. The highest BCUT2D eigenvalue weighted by Gasteiger charge is 2.62. The van der Waals surface area contributed by atoms with E-state index in [1.807, 2.05) is 6.92 Å². The molecule has 4 rings (SSSR count). The summed E-state index contributed by atoms with van der Waals surface area (Å²) in [7, 11) is 0. The molecule has 0 aromatic heterocycles. The molecule has 3 aliphatic rings. The van der Waals surface area contributed by atoms with E-state index in [2.05, 4.69) is 41.4 Å². The van der Waals surface area contributed by atoms with Crippen molar-refractivity contribution in [2.45, 2.75) is 51.4 Å². The number of benzene rings is 1. The largest absolute Gasteiger partial charge is 0.483 e. The molecule has 2 N–H and O–H groups in total. The molecule has 1 aromatic rings. The van der Waals surface area contributed by atoms with E-state index in [-0.39, 0.29) is 18.0 Å². The van der Waals surface area contributed by atoms with Gasteiger partial charge in [-0.2, -0.15) is 0 Å². The van der Waals surface area contributed by atoms with Crippen LogP contribution in [0.1, 0.15) is 37.3 Å². The fourth-order valence-electron chi connectivity index (χ4n) is 5.34. The van der Waals surface area contributed by atoms with Gasteiger partial charge < -0.3 is 19.9 Å². The predicted molar refractivity (Wildman–Crippen MR) is 113 cm³/mol. The number of carbonyl (C=O) groups excluding carboxylic acids is 1. The quantitative estimate of drug-likeness (QED) is 0.497. The number of hydrogen-bond acceptors (Lipinski definition) is 5.